The molecular weight excluding hydrogens is 332 g/mol. The van der Waals surface area contributed by atoms with Crippen LogP contribution in [-0.4, -0.2) is 49.4 Å². The zero-order chi connectivity index (χ0) is 18.5. The van der Waals surface area contributed by atoms with Gasteiger partial charge in [0.25, 0.3) is 17.7 Å². The number of carbonyl (C=O) groups excluding carboxylic acids is 3. The number of methoxy groups -OCH3 is 1. The molecule has 0 spiro atoms. The Kier molecular flexibility index (Phi) is 5.43. The fraction of sp³-hybridized carbons (Fsp3) is 0.250. The van der Waals surface area contributed by atoms with Crippen LogP contribution in [0, 0.1) is 0 Å². The van der Waals surface area contributed by atoms with E-state index >= 15 is 0 Å². The second-order valence-corrected chi connectivity index (χ2v) is 6.01. The fourth-order valence-electron chi connectivity index (χ4n) is 2.89. The van der Waals surface area contributed by atoms with Gasteiger partial charge >= 0.3 is 0 Å². The second kappa shape index (κ2) is 7.93. The summed E-state index contributed by atoms with van der Waals surface area (Å²) in [5.74, 6) is -0.965. The Morgan fingerprint density at radius 1 is 1.04 bits per heavy atom. The number of fused-ring (bicyclic) bond motifs is 1. The monoisotopic (exact) mass is 352 g/mol. The van der Waals surface area contributed by atoms with Gasteiger partial charge in [-0.3, -0.25) is 19.3 Å². The summed E-state index contributed by atoms with van der Waals surface area (Å²) in [6, 6.07) is 14.3. The van der Waals surface area contributed by atoms with Crippen LogP contribution >= 0.6 is 0 Å². The van der Waals surface area contributed by atoms with Gasteiger partial charge in [-0.25, -0.2) is 0 Å². The van der Waals surface area contributed by atoms with E-state index in [1.807, 2.05) is 30.3 Å². The molecule has 1 aliphatic heterocycles. The van der Waals surface area contributed by atoms with Crippen LogP contribution in [0.25, 0.3) is 0 Å². The quantitative estimate of drug-likeness (QED) is 0.610. The number of carbonyl (C=O) groups is 3. The van der Waals surface area contributed by atoms with E-state index in [9.17, 15) is 14.4 Å². The molecule has 1 aliphatic rings. The molecule has 3 amide bonds. The molecule has 0 unspecified atom stereocenters. The third-order valence-electron chi connectivity index (χ3n) is 4.29. The highest BCUT2D eigenvalue weighted by molar-refractivity contribution is 6.22. The lowest BCUT2D eigenvalue weighted by atomic mass is 10.1. The van der Waals surface area contributed by atoms with Crippen molar-refractivity contribution in [3.63, 3.8) is 0 Å². The van der Waals surface area contributed by atoms with Crippen LogP contribution in [0.4, 0.5) is 0 Å². The third-order valence-corrected chi connectivity index (χ3v) is 4.29. The number of benzene rings is 2. The lowest BCUT2D eigenvalue weighted by molar-refractivity contribution is 0.0656. The fourth-order valence-corrected chi connectivity index (χ4v) is 2.89. The molecule has 26 heavy (non-hydrogen) atoms. The topological polar surface area (TPSA) is 75.7 Å². The molecule has 0 fully saturated rings. The number of imide groups is 1. The van der Waals surface area contributed by atoms with Crippen molar-refractivity contribution in [2.45, 2.75) is 6.42 Å². The molecule has 6 heteroatoms. The molecule has 6 nitrogen and oxygen atoms in total. The molecule has 0 aliphatic carbocycles. The Hall–Kier alpha value is -2.99. The number of nitrogens with one attached hydrogen (secondary N) is 1. The van der Waals surface area contributed by atoms with Crippen molar-refractivity contribution in [1.29, 1.82) is 0 Å². The van der Waals surface area contributed by atoms with Crippen molar-refractivity contribution >= 4 is 17.7 Å². The highest BCUT2D eigenvalue weighted by atomic mass is 16.5. The van der Waals surface area contributed by atoms with Gasteiger partial charge in [0.2, 0.25) is 0 Å². The molecular formula is C20H20N2O4. The number of amides is 3. The minimum absolute atomic E-state index is 0.280. The predicted octanol–water partition coefficient (Wildman–Crippen LogP) is 1.90. The minimum Gasteiger partial charge on any atom is -0.383 e. The van der Waals surface area contributed by atoms with Gasteiger partial charge in [0, 0.05) is 25.8 Å². The first kappa shape index (κ1) is 17.8. The van der Waals surface area contributed by atoms with E-state index in [4.69, 9.17) is 4.74 Å². The smallest absolute Gasteiger partial charge is 0.261 e. The molecule has 2 aromatic rings. The lowest BCUT2D eigenvalue weighted by Gasteiger charge is -2.13. The van der Waals surface area contributed by atoms with Crippen LogP contribution in [-0.2, 0) is 11.2 Å². The van der Waals surface area contributed by atoms with Gasteiger partial charge < -0.3 is 10.1 Å². The first-order chi connectivity index (χ1) is 12.6. The van der Waals surface area contributed by atoms with Gasteiger partial charge in [-0.15, -0.1) is 0 Å². The zero-order valence-corrected chi connectivity index (χ0v) is 14.5. The number of rotatable bonds is 7. The number of ether oxygens (including phenoxy) is 1. The SMILES string of the molecule is COCCNC(=O)c1ccc2c(c1)C(=O)N(CCc1ccccc1)C2=O. The van der Waals surface area contributed by atoms with Crippen molar-refractivity contribution in [2.75, 3.05) is 26.8 Å². The molecule has 0 saturated heterocycles. The summed E-state index contributed by atoms with van der Waals surface area (Å²) >= 11 is 0. The molecule has 1 N–H and O–H groups in total. The van der Waals surface area contributed by atoms with Gasteiger partial charge in [-0.1, -0.05) is 30.3 Å². The zero-order valence-electron chi connectivity index (χ0n) is 14.5. The maximum Gasteiger partial charge on any atom is 0.261 e. The van der Waals surface area contributed by atoms with Crippen molar-refractivity contribution in [1.82, 2.24) is 10.2 Å². The number of hydrogen-bond acceptors (Lipinski definition) is 4. The molecule has 0 radical (unpaired) electrons. The molecule has 2 aromatic carbocycles. The Morgan fingerprint density at radius 3 is 2.50 bits per heavy atom. The summed E-state index contributed by atoms with van der Waals surface area (Å²) in [6.07, 6.45) is 0.594. The van der Waals surface area contributed by atoms with E-state index in [1.165, 1.54) is 11.0 Å². The Balaban J connectivity index is 1.72. The summed E-state index contributed by atoms with van der Waals surface area (Å²) in [5, 5.41) is 2.70. The highest BCUT2D eigenvalue weighted by Crippen LogP contribution is 2.24. The van der Waals surface area contributed by atoms with Crippen molar-refractivity contribution in [2.24, 2.45) is 0 Å². The summed E-state index contributed by atoms with van der Waals surface area (Å²) in [7, 11) is 1.55. The van der Waals surface area contributed by atoms with Crippen LogP contribution in [0.15, 0.2) is 48.5 Å². The van der Waals surface area contributed by atoms with Crippen LogP contribution in [0.5, 0.6) is 0 Å². The molecule has 1 heterocycles. The van der Waals surface area contributed by atoms with E-state index in [1.54, 1.807) is 19.2 Å². The first-order valence-electron chi connectivity index (χ1n) is 8.43. The van der Waals surface area contributed by atoms with Crippen LogP contribution in [0.1, 0.15) is 36.6 Å². The standard InChI is InChI=1S/C20H20N2O4/c1-26-12-10-21-18(23)15-7-8-16-17(13-15)20(25)22(19(16)24)11-9-14-5-3-2-4-6-14/h2-8,13H,9-12H2,1H3,(H,21,23). The maximum absolute atomic E-state index is 12.6. The number of hydrogen-bond donors (Lipinski definition) is 1. The van der Waals surface area contributed by atoms with Crippen molar-refractivity contribution < 1.29 is 19.1 Å². The predicted molar refractivity (Wildman–Crippen MR) is 96.2 cm³/mol. The van der Waals surface area contributed by atoms with E-state index in [0.29, 0.717) is 37.2 Å². The van der Waals surface area contributed by atoms with E-state index in [-0.39, 0.29) is 23.3 Å². The van der Waals surface area contributed by atoms with Gasteiger partial charge in [-0.2, -0.15) is 0 Å². The van der Waals surface area contributed by atoms with E-state index in [0.717, 1.165) is 5.56 Å². The van der Waals surface area contributed by atoms with Gasteiger partial charge in [0.1, 0.15) is 0 Å². The second-order valence-electron chi connectivity index (χ2n) is 6.01. The Morgan fingerprint density at radius 2 is 1.77 bits per heavy atom. The van der Waals surface area contributed by atoms with Crippen LogP contribution in [0.2, 0.25) is 0 Å². The van der Waals surface area contributed by atoms with Crippen LogP contribution in [0.3, 0.4) is 0 Å². The van der Waals surface area contributed by atoms with Gasteiger partial charge in [0.05, 0.1) is 17.7 Å². The molecule has 0 saturated carbocycles. The summed E-state index contributed by atoms with van der Waals surface area (Å²) in [4.78, 5) is 38.5. The summed E-state index contributed by atoms with van der Waals surface area (Å²) in [6.45, 7) is 1.09. The molecule has 3 rings (SSSR count). The van der Waals surface area contributed by atoms with E-state index < -0.39 is 0 Å². The third kappa shape index (κ3) is 3.65. The average molecular weight is 352 g/mol. The molecule has 134 valence electrons. The van der Waals surface area contributed by atoms with Gasteiger partial charge in [0.15, 0.2) is 0 Å². The minimum atomic E-state index is -0.354. The van der Waals surface area contributed by atoms with Gasteiger partial charge in [-0.05, 0) is 30.2 Å². The molecule has 0 aromatic heterocycles. The van der Waals surface area contributed by atoms with E-state index in [2.05, 4.69) is 5.32 Å². The average Bonchev–Trinajstić information content (AvgIpc) is 2.91. The summed E-state index contributed by atoms with van der Waals surface area (Å²) < 4.78 is 4.89. The summed E-state index contributed by atoms with van der Waals surface area (Å²) in [5.41, 5.74) is 2.03. The first-order valence-corrected chi connectivity index (χ1v) is 8.43. The number of nitrogens with zero attached hydrogens (tertiary/aromatic N) is 1. The largest absolute Gasteiger partial charge is 0.383 e. The Bertz CT molecular complexity index is 833. The lowest BCUT2D eigenvalue weighted by Crippen LogP contribution is -2.31. The molecule has 0 atom stereocenters. The van der Waals surface area contributed by atoms with Crippen LogP contribution < -0.4 is 5.32 Å². The van der Waals surface area contributed by atoms with Crippen molar-refractivity contribution in [3.8, 4) is 0 Å². The normalized spacial score (nSPS) is 13.0. The maximum atomic E-state index is 12.6. The van der Waals surface area contributed by atoms with Crippen molar-refractivity contribution in [3.05, 3.63) is 70.8 Å². The Labute approximate surface area is 151 Å². The molecule has 0 bridgehead atoms. The highest BCUT2D eigenvalue weighted by Gasteiger charge is 2.35.